The molecule has 0 fully saturated rings. The number of carbonyl (C=O) groups is 2. The molecule has 0 saturated heterocycles. The highest BCUT2D eigenvalue weighted by Gasteiger charge is 2.22. The predicted molar refractivity (Wildman–Crippen MR) is 114 cm³/mol. The third kappa shape index (κ3) is 5.35. The molecule has 0 aliphatic carbocycles. The Bertz CT molecular complexity index is 1020. The van der Waals surface area contributed by atoms with Crippen LogP contribution in [0.15, 0.2) is 66.9 Å². The number of ether oxygens (including phenoxy) is 1. The van der Waals surface area contributed by atoms with Gasteiger partial charge in [-0.25, -0.2) is 4.98 Å². The van der Waals surface area contributed by atoms with Crippen molar-refractivity contribution in [1.82, 2.24) is 9.88 Å². The first-order valence-electron chi connectivity index (χ1n) is 9.39. The zero-order valence-corrected chi connectivity index (χ0v) is 16.8. The van der Waals surface area contributed by atoms with Gasteiger partial charge in [-0.1, -0.05) is 29.8 Å². The number of hydrogen-bond donors (Lipinski definition) is 2. The molecule has 0 saturated carbocycles. The van der Waals surface area contributed by atoms with Crippen molar-refractivity contribution in [3.63, 3.8) is 0 Å². The Morgan fingerprint density at radius 1 is 1.07 bits per heavy atom. The fourth-order valence-corrected chi connectivity index (χ4v) is 2.94. The third-order valence-corrected chi connectivity index (χ3v) is 4.50. The molecule has 0 radical (unpaired) electrons. The van der Waals surface area contributed by atoms with E-state index < -0.39 is 18.4 Å². The zero-order valence-electron chi connectivity index (χ0n) is 16.8. The molecule has 3 aromatic rings. The molecule has 0 bridgehead atoms. The Hall–Kier alpha value is -3.87. The SMILES string of the molecule is COc1ccc(Nc2ncccc2C(=O)N(CC(=O)O)Cc2ccc(C)cc2)cc1. The molecule has 0 unspecified atom stereocenters. The van der Waals surface area contributed by atoms with Crippen molar-refractivity contribution in [3.8, 4) is 5.75 Å². The molecule has 0 aliphatic heterocycles. The molecule has 0 aliphatic rings. The van der Waals surface area contributed by atoms with Crippen LogP contribution in [0.2, 0.25) is 0 Å². The average Bonchev–Trinajstić information content (AvgIpc) is 2.75. The maximum atomic E-state index is 13.2. The lowest BCUT2D eigenvalue weighted by atomic mass is 10.1. The van der Waals surface area contributed by atoms with E-state index in [9.17, 15) is 14.7 Å². The highest BCUT2D eigenvalue weighted by Crippen LogP contribution is 2.23. The highest BCUT2D eigenvalue weighted by molar-refractivity contribution is 6.00. The molecule has 2 N–H and O–H groups in total. The van der Waals surface area contributed by atoms with Crippen LogP contribution < -0.4 is 10.1 Å². The Morgan fingerprint density at radius 2 is 1.77 bits per heavy atom. The van der Waals surface area contributed by atoms with Crippen molar-refractivity contribution in [2.45, 2.75) is 13.5 Å². The van der Waals surface area contributed by atoms with Gasteiger partial charge in [-0.05, 0) is 48.9 Å². The number of hydrogen-bond acceptors (Lipinski definition) is 5. The summed E-state index contributed by atoms with van der Waals surface area (Å²) < 4.78 is 5.15. The normalized spacial score (nSPS) is 10.3. The van der Waals surface area contributed by atoms with Gasteiger partial charge in [0.2, 0.25) is 0 Å². The standard InChI is InChI=1S/C23H23N3O4/c1-16-5-7-17(8-6-16)14-26(15-21(27)28)23(29)20-4-3-13-24-22(20)25-18-9-11-19(30-2)12-10-18/h3-13H,14-15H2,1-2H3,(H,24,25)(H,27,28). The summed E-state index contributed by atoms with van der Waals surface area (Å²) >= 11 is 0. The average molecular weight is 405 g/mol. The van der Waals surface area contributed by atoms with Gasteiger partial charge in [-0.2, -0.15) is 0 Å². The van der Waals surface area contributed by atoms with Gasteiger partial charge in [0.05, 0.1) is 12.7 Å². The fourth-order valence-electron chi connectivity index (χ4n) is 2.94. The molecule has 2 aromatic carbocycles. The minimum absolute atomic E-state index is 0.183. The van der Waals surface area contributed by atoms with Crippen LogP contribution in [-0.2, 0) is 11.3 Å². The summed E-state index contributed by atoms with van der Waals surface area (Å²) in [5.41, 5.74) is 2.96. The number of pyridine rings is 1. The second kappa shape index (κ2) is 9.56. The van der Waals surface area contributed by atoms with Crippen molar-refractivity contribution in [3.05, 3.63) is 83.6 Å². The molecule has 154 valence electrons. The first-order chi connectivity index (χ1) is 14.5. The van der Waals surface area contributed by atoms with E-state index in [1.165, 1.54) is 4.90 Å². The summed E-state index contributed by atoms with van der Waals surface area (Å²) in [6.45, 7) is 1.74. The van der Waals surface area contributed by atoms with E-state index >= 15 is 0 Å². The number of carboxylic acid groups (broad SMARTS) is 1. The summed E-state index contributed by atoms with van der Waals surface area (Å²) in [6.07, 6.45) is 1.57. The number of rotatable bonds is 8. The number of carbonyl (C=O) groups excluding carboxylic acids is 1. The van der Waals surface area contributed by atoms with Crippen LogP contribution >= 0.6 is 0 Å². The zero-order chi connectivity index (χ0) is 21.5. The molecule has 1 amide bonds. The van der Waals surface area contributed by atoms with Crippen LogP contribution in [0.1, 0.15) is 21.5 Å². The van der Waals surface area contributed by atoms with Gasteiger partial charge in [-0.3, -0.25) is 9.59 Å². The van der Waals surface area contributed by atoms with Crippen LogP contribution in [-0.4, -0.2) is 40.5 Å². The second-order valence-electron chi connectivity index (χ2n) is 6.79. The topological polar surface area (TPSA) is 91.8 Å². The lowest BCUT2D eigenvalue weighted by Crippen LogP contribution is -2.35. The largest absolute Gasteiger partial charge is 0.497 e. The Morgan fingerprint density at radius 3 is 2.40 bits per heavy atom. The second-order valence-corrected chi connectivity index (χ2v) is 6.79. The number of amides is 1. The molecule has 7 nitrogen and oxygen atoms in total. The number of benzene rings is 2. The molecule has 0 spiro atoms. The van der Waals surface area contributed by atoms with E-state index in [-0.39, 0.29) is 6.54 Å². The highest BCUT2D eigenvalue weighted by atomic mass is 16.5. The van der Waals surface area contributed by atoms with Crippen LogP contribution in [0.4, 0.5) is 11.5 Å². The molecule has 1 heterocycles. The number of methoxy groups -OCH3 is 1. The number of nitrogens with zero attached hydrogens (tertiary/aromatic N) is 2. The van der Waals surface area contributed by atoms with Crippen molar-refractivity contribution >= 4 is 23.4 Å². The monoisotopic (exact) mass is 405 g/mol. The summed E-state index contributed by atoms with van der Waals surface area (Å²) in [5.74, 6) is -0.429. The van der Waals surface area contributed by atoms with E-state index in [1.807, 2.05) is 43.3 Å². The third-order valence-electron chi connectivity index (χ3n) is 4.50. The summed E-state index contributed by atoms with van der Waals surface area (Å²) in [5, 5.41) is 12.4. The molecular weight excluding hydrogens is 382 g/mol. The number of aryl methyl sites for hydroxylation is 1. The Balaban J connectivity index is 1.86. The maximum absolute atomic E-state index is 13.2. The minimum Gasteiger partial charge on any atom is -0.497 e. The first-order valence-corrected chi connectivity index (χ1v) is 9.39. The minimum atomic E-state index is -1.08. The van der Waals surface area contributed by atoms with Gasteiger partial charge < -0.3 is 20.1 Å². The van der Waals surface area contributed by atoms with E-state index in [1.54, 1.807) is 37.6 Å². The summed E-state index contributed by atoms with van der Waals surface area (Å²) in [6, 6.07) is 18.1. The maximum Gasteiger partial charge on any atom is 0.323 e. The number of aromatic nitrogens is 1. The van der Waals surface area contributed by atoms with Crippen molar-refractivity contribution in [1.29, 1.82) is 0 Å². The lowest BCUT2D eigenvalue weighted by molar-refractivity contribution is -0.137. The molecule has 7 heteroatoms. The van der Waals surface area contributed by atoms with Gasteiger partial charge >= 0.3 is 5.97 Å². The van der Waals surface area contributed by atoms with Crippen LogP contribution in [0, 0.1) is 6.92 Å². The van der Waals surface area contributed by atoms with E-state index in [2.05, 4.69) is 10.3 Å². The molecular formula is C23H23N3O4. The van der Waals surface area contributed by atoms with Crippen LogP contribution in [0.3, 0.4) is 0 Å². The number of carboxylic acids is 1. The Labute approximate surface area is 174 Å². The van der Waals surface area contributed by atoms with E-state index in [4.69, 9.17) is 4.74 Å². The van der Waals surface area contributed by atoms with Crippen molar-refractivity contribution in [2.24, 2.45) is 0 Å². The summed E-state index contributed by atoms with van der Waals surface area (Å²) in [7, 11) is 1.59. The van der Waals surface area contributed by atoms with Gasteiger partial charge in [0.15, 0.2) is 0 Å². The van der Waals surface area contributed by atoms with E-state index in [0.717, 1.165) is 16.8 Å². The number of aliphatic carboxylic acids is 1. The van der Waals surface area contributed by atoms with Gasteiger partial charge in [0.1, 0.15) is 18.1 Å². The quantitative estimate of drug-likeness (QED) is 0.591. The Kier molecular flexibility index (Phi) is 6.64. The van der Waals surface area contributed by atoms with Crippen molar-refractivity contribution in [2.75, 3.05) is 19.0 Å². The molecule has 30 heavy (non-hydrogen) atoms. The fraction of sp³-hybridized carbons (Fsp3) is 0.174. The summed E-state index contributed by atoms with van der Waals surface area (Å²) in [4.78, 5) is 30.2. The predicted octanol–water partition coefficient (Wildman–Crippen LogP) is 3.87. The number of anilines is 2. The first kappa shape index (κ1) is 20.9. The molecule has 0 atom stereocenters. The van der Waals surface area contributed by atoms with Gasteiger partial charge in [0.25, 0.3) is 5.91 Å². The number of nitrogens with one attached hydrogen (secondary N) is 1. The molecule has 1 aromatic heterocycles. The van der Waals surface area contributed by atoms with E-state index in [0.29, 0.717) is 17.1 Å². The molecule has 3 rings (SSSR count). The van der Waals surface area contributed by atoms with Crippen LogP contribution in [0.25, 0.3) is 0 Å². The van der Waals surface area contributed by atoms with Gasteiger partial charge in [-0.15, -0.1) is 0 Å². The van der Waals surface area contributed by atoms with Crippen molar-refractivity contribution < 1.29 is 19.4 Å². The lowest BCUT2D eigenvalue weighted by Gasteiger charge is -2.22. The van der Waals surface area contributed by atoms with Crippen LogP contribution in [0.5, 0.6) is 5.75 Å². The smallest absolute Gasteiger partial charge is 0.323 e. The van der Waals surface area contributed by atoms with Gasteiger partial charge in [0, 0.05) is 18.4 Å².